The molecule has 0 aromatic heterocycles. The summed E-state index contributed by atoms with van der Waals surface area (Å²) in [5, 5.41) is 0. The van der Waals surface area contributed by atoms with Crippen molar-refractivity contribution >= 4 is 13.8 Å². The van der Waals surface area contributed by atoms with Crippen molar-refractivity contribution in [2.45, 2.75) is 117 Å². The van der Waals surface area contributed by atoms with Crippen LogP contribution in [0, 0.1) is 5.92 Å². The Labute approximate surface area is 196 Å². The van der Waals surface area contributed by atoms with Gasteiger partial charge < -0.3 is 15.4 Å². The van der Waals surface area contributed by atoms with Crippen LogP contribution in [-0.2, 0) is 23.1 Å². The molecular formula is C24H50NO6P. The summed E-state index contributed by atoms with van der Waals surface area (Å²) in [5.41, 5.74) is 5.22. The lowest BCUT2D eigenvalue weighted by molar-refractivity contribution is -0.145. The van der Waals surface area contributed by atoms with E-state index in [1.165, 1.54) is 83.5 Å². The number of hydrogen-bond acceptors (Lipinski definition) is 6. The Balaban J connectivity index is 3.41. The number of rotatable bonds is 24. The molecule has 0 bridgehead atoms. The van der Waals surface area contributed by atoms with Crippen LogP contribution in [0.15, 0.2) is 0 Å². The standard InChI is InChI=1S/C24H50NO6P/c1-3-4-5-6-7-8-9-10-11-12-13-14-15-16-17-18-24(26)29-21-23(2)22-31-32(27,28)30-20-19-25/h23H,3-22,25H2,1-2H3,(H,27,28)/t23-/m1/s1. The van der Waals surface area contributed by atoms with Crippen LogP contribution < -0.4 is 5.73 Å². The molecule has 1 unspecified atom stereocenters. The molecule has 32 heavy (non-hydrogen) atoms. The highest BCUT2D eigenvalue weighted by Gasteiger charge is 2.22. The fourth-order valence-corrected chi connectivity index (χ4v) is 4.28. The van der Waals surface area contributed by atoms with Crippen molar-refractivity contribution in [1.82, 2.24) is 0 Å². The highest BCUT2D eigenvalue weighted by molar-refractivity contribution is 7.47. The van der Waals surface area contributed by atoms with Crippen molar-refractivity contribution in [1.29, 1.82) is 0 Å². The van der Waals surface area contributed by atoms with E-state index in [2.05, 4.69) is 11.4 Å². The quantitative estimate of drug-likeness (QED) is 0.0921. The predicted molar refractivity (Wildman–Crippen MR) is 130 cm³/mol. The topological polar surface area (TPSA) is 108 Å². The van der Waals surface area contributed by atoms with Crippen LogP contribution in [-0.4, -0.2) is 37.2 Å². The molecule has 0 radical (unpaired) electrons. The number of carbonyl (C=O) groups excluding carboxylic acids is 1. The van der Waals surface area contributed by atoms with Crippen molar-refractivity contribution in [2.24, 2.45) is 11.7 Å². The zero-order valence-electron chi connectivity index (χ0n) is 20.7. The van der Waals surface area contributed by atoms with Gasteiger partial charge in [0.15, 0.2) is 0 Å². The van der Waals surface area contributed by atoms with Gasteiger partial charge in [0, 0.05) is 18.9 Å². The molecule has 192 valence electrons. The molecule has 0 aliphatic carbocycles. The number of unbranched alkanes of at least 4 members (excludes halogenated alkanes) is 14. The van der Waals surface area contributed by atoms with Gasteiger partial charge in [0.05, 0.1) is 19.8 Å². The molecule has 0 spiro atoms. The van der Waals surface area contributed by atoms with Gasteiger partial charge in [0.1, 0.15) is 0 Å². The molecule has 0 aromatic rings. The molecular weight excluding hydrogens is 429 g/mol. The van der Waals surface area contributed by atoms with Crippen LogP contribution in [0.4, 0.5) is 0 Å². The minimum Gasteiger partial charge on any atom is -0.465 e. The molecule has 0 saturated carbocycles. The molecule has 7 nitrogen and oxygen atoms in total. The zero-order valence-corrected chi connectivity index (χ0v) is 21.6. The summed E-state index contributed by atoms with van der Waals surface area (Å²) in [7, 11) is -4.08. The molecule has 0 aliphatic heterocycles. The van der Waals surface area contributed by atoms with Gasteiger partial charge in [-0.1, -0.05) is 104 Å². The van der Waals surface area contributed by atoms with Gasteiger partial charge in [-0.25, -0.2) is 4.57 Å². The maximum absolute atomic E-state index is 11.8. The van der Waals surface area contributed by atoms with Crippen molar-refractivity contribution in [3.63, 3.8) is 0 Å². The maximum Gasteiger partial charge on any atom is 0.472 e. The van der Waals surface area contributed by atoms with E-state index in [1.807, 2.05) is 0 Å². The number of esters is 1. The Bertz CT molecular complexity index is 477. The SMILES string of the molecule is CCCCCCCCCCCCCCCCCC(=O)OC[C@@H](C)COP(=O)(O)OCCN. The van der Waals surface area contributed by atoms with Crippen LogP contribution in [0.5, 0.6) is 0 Å². The summed E-state index contributed by atoms with van der Waals surface area (Å²) in [5.74, 6) is -0.417. The molecule has 2 atom stereocenters. The molecule has 3 N–H and O–H groups in total. The number of nitrogens with two attached hydrogens (primary N) is 1. The minimum absolute atomic E-state index is 0.0232. The highest BCUT2D eigenvalue weighted by atomic mass is 31.2. The second-order valence-corrected chi connectivity index (χ2v) is 10.3. The Morgan fingerprint density at radius 2 is 1.28 bits per heavy atom. The number of ether oxygens (including phenoxy) is 1. The van der Waals surface area contributed by atoms with Crippen molar-refractivity contribution < 1.29 is 28.0 Å². The molecule has 0 aliphatic rings. The van der Waals surface area contributed by atoms with E-state index in [4.69, 9.17) is 15.0 Å². The monoisotopic (exact) mass is 479 g/mol. The van der Waals surface area contributed by atoms with Crippen LogP contribution in [0.25, 0.3) is 0 Å². The molecule has 0 rings (SSSR count). The zero-order chi connectivity index (χ0) is 23.9. The molecule has 8 heteroatoms. The Hall–Kier alpha value is -0.460. The third kappa shape index (κ3) is 22.7. The van der Waals surface area contributed by atoms with Crippen molar-refractivity contribution in [3.8, 4) is 0 Å². The van der Waals surface area contributed by atoms with Crippen LogP contribution >= 0.6 is 7.82 Å². The summed E-state index contributed by atoms with van der Waals surface area (Å²) >= 11 is 0. The molecule has 0 aromatic carbocycles. The fraction of sp³-hybridized carbons (Fsp3) is 0.958. The normalized spacial score (nSPS) is 14.2. The first-order valence-electron chi connectivity index (χ1n) is 12.9. The Morgan fingerprint density at radius 3 is 1.75 bits per heavy atom. The average molecular weight is 480 g/mol. The van der Waals surface area contributed by atoms with E-state index in [0.29, 0.717) is 6.42 Å². The van der Waals surface area contributed by atoms with Crippen LogP contribution in [0.2, 0.25) is 0 Å². The third-order valence-corrected chi connectivity index (χ3v) is 6.39. The lowest BCUT2D eigenvalue weighted by Crippen LogP contribution is -2.16. The summed E-state index contributed by atoms with van der Waals surface area (Å²) in [4.78, 5) is 21.2. The predicted octanol–water partition coefficient (Wildman–Crippen LogP) is 6.52. The van der Waals surface area contributed by atoms with E-state index in [0.717, 1.165) is 12.8 Å². The lowest BCUT2D eigenvalue weighted by atomic mass is 10.0. The van der Waals surface area contributed by atoms with Crippen molar-refractivity contribution in [3.05, 3.63) is 0 Å². The maximum atomic E-state index is 11.8. The van der Waals surface area contributed by atoms with Crippen molar-refractivity contribution in [2.75, 3.05) is 26.4 Å². The molecule has 0 saturated heterocycles. The van der Waals surface area contributed by atoms with Gasteiger partial charge in [0.25, 0.3) is 0 Å². The number of hydrogen-bond donors (Lipinski definition) is 2. The Morgan fingerprint density at radius 1 is 0.812 bits per heavy atom. The lowest BCUT2D eigenvalue weighted by Gasteiger charge is -2.15. The second kappa shape index (κ2) is 22.3. The van der Waals surface area contributed by atoms with E-state index in [1.54, 1.807) is 6.92 Å². The van der Waals surface area contributed by atoms with Gasteiger partial charge in [-0.3, -0.25) is 13.8 Å². The first kappa shape index (κ1) is 31.5. The van der Waals surface area contributed by atoms with Gasteiger partial charge >= 0.3 is 13.8 Å². The largest absolute Gasteiger partial charge is 0.472 e. The van der Waals surface area contributed by atoms with Crippen LogP contribution in [0.1, 0.15) is 117 Å². The van der Waals surface area contributed by atoms with E-state index in [-0.39, 0.29) is 38.3 Å². The Kier molecular flexibility index (Phi) is 22.0. The smallest absolute Gasteiger partial charge is 0.465 e. The van der Waals surface area contributed by atoms with Gasteiger partial charge in [0.2, 0.25) is 0 Å². The first-order valence-corrected chi connectivity index (χ1v) is 14.4. The van der Waals surface area contributed by atoms with Gasteiger partial charge in [-0.2, -0.15) is 0 Å². The highest BCUT2D eigenvalue weighted by Crippen LogP contribution is 2.43. The average Bonchev–Trinajstić information content (AvgIpc) is 2.77. The second-order valence-electron chi connectivity index (χ2n) is 8.87. The van der Waals surface area contributed by atoms with Gasteiger partial charge in [-0.05, 0) is 6.42 Å². The molecule has 0 heterocycles. The number of phosphoric ester groups is 1. The molecule has 0 fully saturated rings. The molecule has 0 amide bonds. The minimum atomic E-state index is -4.08. The number of phosphoric acid groups is 1. The van der Waals surface area contributed by atoms with Gasteiger partial charge in [-0.15, -0.1) is 0 Å². The first-order chi connectivity index (χ1) is 15.4. The summed E-state index contributed by atoms with van der Waals surface area (Å²) < 4.78 is 26.3. The van der Waals surface area contributed by atoms with E-state index < -0.39 is 7.82 Å². The summed E-state index contributed by atoms with van der Waals surface area (Å²) in [6.07, 6.45) is 19.8. The van der Waals surface area contributed by atoms with Crippen LogP contribution in [0.3, 0.4) is 0 Å². The number of carbonyl (C=O) groups is 1. The third-order valence-electron chi connectivity index (χ3n) is 5.41. The summed E-state index contributed by atoms with van der Waals surface area (Å²) in [6, 6.07) is 0. The fourth-order valence-electron chi connectivity index (χ4n) is 3.42. The van der Waals surface area contributed by atoms with E-state index >= 15 is 0 Å². The van der Waals surface area contributed by atoms with E-state index in [9.17, 15) is 14.3 Å². The summed E-state index contributed by atoms with van der Waals surface area (Å²) in [6.45, 7) is 4.28.